The van der Waals surface area contributed by atoms with Crippen LogP contribution >= 0.6 is 0 Å². The molecule has 1 unspecified atom stereocenters. The zero-order valence-electron chi connectivity index (χ0n) is 12.2. The zero-order chi connectivity index (χ0) is 14.5. The van der Waals surface area contributed by atoms with Gasteiger partial charge in [-0.3, -0.25) is 0 Å². The first-order valence-electron chi connectivity index (χ1n) is 6.72. The Morgan fingerprint density at radius 1 is 1.10 bits per heavy atom. The number of benzene rings is 2. The summed E-state index contributed by atoms with van der Waals surface area (Å²) in [4.78, 5) is 0. The number of nitrogens with two attached hydrogens (primary N) is 1. The highest BCUT2D eigenvalue weighted by Crippen LogP contribution is 2.27. The van der Waals surface area contributed by atoms with E-state index in [9.17, 15) is 0 Å². The maximum atomic E-state index is 5.98. The quantitative estimate of drug-likeness (QED) is 0.903. The van der Waals surface area contributed by atoms with Gasteiger partial charge in [-0.2, -0.15) is 0 Å². The largest absolute Gasteiger partial charge is 0.496 e. The molecule has 2 aromatic carbocycles. The summed E-state index contributed by atoms with van der Waals surface area (Å²) < 4.78 is 11.3. The molecule has 0 heterocycles. The molecule has 20 heavy (non-hydrogen) atoms. The zero-order valence-corrected chi connectivity index (χ0v) is 12.2. The molecule has 0 saturated heterocycles. The molecule has 1 atom stereocenters. The van der Waals surface area contributed by atoms with Crippen molar-refractivity contribution in [1.82, 2.24) is 0 Å². The molecule has 0 aliphatic carbocycles. The van der Waals surface area contributed by atoms with Crippen LogP contribution in [0.2, 0.25) is 0 Å². The Morgan fingerprint density at radius 2 is 1.85 bits per heavy atom. The topological polar surface area (TPSA) is 44.5 Å². The number of rotatable bonds is 5. The number of methoxy groups -OCH3 is 1. The Balaban J connectivity index is 2.20. The lowest BCUT2D eigenvalue weighted by molar-refractivity contribution is 0.292. The second kappa shape index (κ2) is 6.44. The number of hydrogen-bond donors (Lipinski definition) is 1. The molecule has 2 rings (SSSR count). The van der Waals surface area contributed by atoms with Crippen molar-refractivity contribution in [2.45, 2.75) is 26.5 Å². The van der Waals surface area contributed by atoms with Gasteiger partial charge in [0.15, 0.2) is 0 Å². The van der Waals surface area contributed by atoms with Crippen molar-refractivity contribution in [3.05, 3.63) is 59.2 Å². The van der Waals surface area contributed by atoms with Gasteiger partial charge in [0, 0.05) is 17.2 Å². The Labute approximate surface area is 120 Å². The summed E-state index contributed by atoms with van der Waals surface area (Å²) in [6, 6.07) is 13.9. The number of hydrogen-bond acceptors (Lipinski definition) is 3. The van der Waals surface area contributed by atoms with Crippen molar-refractivity contribution in [2.75, 3.05) is 7.11 Å². The second-order valence-electron chi connectivity index (χ2n) is 4.93. The van der Waals surface area contributed by atoms with Crippen LogP contribution in [0.25, 0.3) is 0 Å². The molecule has 2 aromatic rings. The molecule has 106 valence electrons. The first-order chi connectivity index (χ1) is 9.61. The van der Waals surface area contributed by atoms with E-state index in [2.05, 4.69) is 6.07 Å². The predicted molar refractivity (Wildman–Crippen MR) is 81.1 cm³/mol. The van der Waals surface area contributed by atoms with E-state index >= 15 is 0 Å². The summed E-state index contributed by atoms with van der Waals surface area (Å²) in [5.74, 6) is 1.67. The summed E-state index contributed by atoms with van der Waals surface area (Å²) in [5, 5.41) is 0. The molecule has 0 aliphatic heterocycles. The van der Waals surface area contributed by atoms with E-state index in [1.807, 2.05) is 50.2 Å². The number of aryl methyl sites for hydroxylation is 1. The highest BCUT2D eigenvalue weighted by Gasteiger charge is 2.10. The van der Waals surface area contributed by atoms with Gasteiger partial charge < -0.3 is 15.2 Å². The summed E-state index contributed by atoms with van der Waals surface area (Å²) in [6.45, 7) is 4.47. The lowest BCUT2D eigenvalue weighted by Gasteiger charge is -2.16. The first-order valence-corrected chi connectivity index (χ1v) is 6.72. The van der Waals surface area contributed by atoms with Crippen LogP contribution in [0.3, 0.4) is 0 Å². The highest BCUT2D eigenvalue weighted by atomic mass is 16.5. The van der Waals surface area contributed by atoms with Crippen molar-refractivity contribution in [1.29, 1.82) is 0 Å². The Hall–Kier alpha value is -2.00. The van der Waals surface area contributed by atoms with Crippen molar-refractivity contribution < 1.29 is 9.47 Å². The molecule has 0 aromatic heterocycles. The van der Waals surface area contributed by atoms with Crippen LogP contribution in [0.1, 0.15) is 29.7 Å². The van der Waals surface area contributed by atoms with Gasteiger partial charge in [0.1, 0.15) is 18.1 Å². The van der Waals surface area contributed by atoms with Crippen molar-refractivity contribution in [2.24, 2.45) is 5.73 Å². The van der Waals surface area contributed by atoms with E-state index in [0.717, 1.165) is 28.2 Å². The maximum absolute atomic E-state index is 5.98. The van der Waals surface area contributed by atoms with Crippen molar-refractivity contribution >= 4 is 0 Å². The SMILES string of the molecule is COc1ccccc1COc1cc(C)ccc1C(C)N. The molecule has 0 radical (unpaired) electrons. The lowest BCUT2D eigenvalue weighted by Crippen LogP contribution is -2.08. The third-order valence-corrected chi connectivity index (χ3v) is 3.24. The van der Waals surface area contributed by atoms with Gasteiger partial charge in [0.05, 0.1) is 7.11 Å². The second-order valence-corrected chi connectivity index (χ2v) is 4.93. The van der Waals surface area contributed by atoms with Crippen LogP contribution in [0.4, 0.5) is 0 Å². The van der Waals surface area contributed by atoms with Crippen LogP contribution in [0.5, 0.6) is 11.5 Å². The molecule has 2 N–H and O–H groups in total. The maximum Gasteiger partial charge on any atom is 0.125 e. The van der Waals surface area contributed by atoms with Gasteiger partial charge in [-0.05, 0) is 31.5 Å². The molecular weight excluding hydrogens is 250 g/mol. The van der Waals surface area contributed by atoms with Gasteiger partial charge in [-0.25, -0.2) is 0 Å². The summed E-state index contributed by atoms with van der Waals surface area (Å²) in [5.41, 5.74) is 9.18. The van der Waals surface area contributed by atoms with Crippen LogP contribution in [-0.4, -0.2) is 7.11 Å². The predicted octanol–water partition coefficient (Wildman–Crippen LogP) is 3.60. The average molecular weight is 271 g/mol. The Kier molecular flexibility index (Phi) is 4.64. The average Bonchev–Trinajstić information content (AvgIpc) is 2.45. The van der Waals surface area contributed by atoms with Crippen LogP contribution < -0.4 is 15.2 Å². The lowest BCUT2D eigenvalue weighted by atomic mass is 10.1. The van der Waals surface area contributed by atoms with E-state index in [-0.39, 0.29) is 6.04 Å². The molecule has 3 heteroatoms. The summed E-state index contributed by atoms with van der Waals surface area (Å²) in [6.07, 6.45) is 0. The van der Waals surface area contributed by atoms with Gasteiger partial charge >= 0.3 is 0 Å². The van der Waals surface area contributed by atoms with E-state index in [1.54, 1.807) is 7.11 Å². The number of para-hydroxylation sites is 1. The third kappa shape index (κ3) is 3.31. The smallest absolute Gasteiger partial charge is 0.125 e. The minimum absolute atomic E-state index is 0.0525. The van der Waals surface area contributed by atoms with E-state index < -0.39 is 0 Å². The van der Waals surface area contributed by atoms with Gasteiger partial charge in [0.25, 0.3) is 0 Å². The van der Waals surface area contributed by atoms with Crippen LogP contribution in [0, 0.1) is 6.92 Å². The molecule has 0 amide bonds. The fourth-order valence-electron chi connectivity index (χ4n) is 2.12. The monoisotopic (exact) mass is 271 g/mol. The summed E-state index contributed by atoms with van der Waals surface area (Å²) in [7, 11) is 1.67. The molecule has 0 spiro atoms. The normalized spacial score (nSPS) is 12.0. The van der Waals surface area contributed by atoms with E-state index in [1.165, 1.54) is 0 Å². The fraction of sp³-hybridized carbons (Fsp3) is 0.294. The molecule has 0 saturated carbocycles. The van der Waals surface area contributed by atoms with Gasteiger partial charge in [0.2, 0.25) is 0 Å². The Morgan fingerprint density at radius 3 is 2.55 bits per heavy atom. The fourth-order valence-corrected chi connectivity index (χ4v) is 2.12. The molecule has 3 nitrogen and oxygen atoms in total. The minimum Gasteiger partial charge on any atom is -0.496 e. The highest BCUT2D eigenvalue weighted by molar-refractivity contribution is 5.40. The summed E-state index contributed by atoms with van der Waals surface area (Å²) >= 11 is 0. The standard InChI is InChI=1S/C17H21NO2/c1-12-8-9-15(13(2)18)17(10-12)20-11-14-6-4-5-7-16(14)19-3/h4-10,13H,11,18H2,1-3H3. The van der Waals surface area contributed by atoms with Crippen molar-refractivity contribution in [3.8, 4) is 11.5 Å². The van der Waals surface area contributed by atoms with Gasteiger partial charge in [-0.1, -0.05) is 30.3 Å². The van der Waals surface area contributed by atoms with Gasteiger partial charge in [-0.15, -0.1) is 0 Å². The minimum atomic E-state index is -0.0525. The number of ether oxygens (including phenoxy) is 2. The van der Waals surface area contributed by atoms with Crippen LogP contribution in [-0.2, 0) is 6.61 Å². The first kappa shape index (κ1) is 14.4. The molecule has 0 bridgehead atoms. The van der Waals surface area contributed by atoms with E-state index in [4.69, 9.17) is 15.2 Å². The molecular formula is C17H21NO2. The molecule has 0 fully saturated rings. The van der Waals surface area contributed by atoms with Crippen molar-refractivity contribution in [3.63, 3.8) is 0 Å². The van der Waals surface area contributed by atoms with Crippen LogP contribution in [0.15, 0.2) is 42.5 Å². The molecule has 0 aliphatic rings. The van der Waals surface area contributed by atoms with E-state index in [0.29, 0.717) is 6.61 Å². The Bertz CT molecular complexity index is 579. The third-order valence-electron chi connectivity index (χ3n) is 3.24.